The number of nitrogens with zero attached hydrogens (tertiary/aromatic N) is 1. The number of ether oxygens (including phenoxy) is 4. The van der Waals surface area contributed by atoms with Gasteiger partial charge >= 0.3 is 16.6 Å². The van der Waals surface area contributed by atoms with Gasteiger partial charge in [-0.1, -0.05) is 53.3 Å². The topological polar surface area (TPSA) is 118 Å². The summed E-state index contributed by atoms with van der Waals surface area (Å²) >= 11 is 0. The fraction of sp³-hybridized carbons (Fsp3) is 0.241. The third-order valence-electron chi connectivity index (χ3n) is 7.01. The number of cyclic esters (lactones) is 1. The average molecular weight is 582 g/mol. The number of fused-ring (bicyclic) bond motifs is 2. The van der Waals surface area contributed by atoms with Crippen molar-refractivity contribution >= 4 is 28.3 Å². The van der Waals surface area contributed by atoms with Gasteiger partial charge < -0.3 is 23.1 Å². The second kappa shape index (κ2) is 10.4. The first-order chi connectivity index (χ1) is 19.7. The highest BCUT2D eigenvalue weighted by atomic mass is 32.3. The molecule has 0 aromatic heterocycles. The number of carbonyl (C=O) groups is 2. The number of halogens is 1. The summed E-state index contributed by atoms with van der Waals surface area (Å²) in [6, 6.07) is 17.7. The fourth-order valence-corrected chi connectivity index (χ4v) is 5.65. The first kappa shape index (κ1) is 26.6. The maximum absolute atomic E-state index is 14.4. The molecule has 6 rings (SSSR count). The fourth-order valence-electron chi connectivity index (χ4n) is 5.27. The second-order valence-electron chi connectivity index (χ2n) is 9.54. The van der Waals surface area contributed by atoms with E-state index in [0.717, 1.165) is 4.90 Å². The molecule has 1 saturated heterocycles. The number of hydrogen-bond acceptors (Lipinski definition) is 9. The van der Waals surface area contributed by atoms with Crippen molar-refractivity contribution in [1.82, 2.24) is 4.90 Å². The van der Waals surface area contributed by atoms with Gasteiger partial charge in [0.2, 0.25) is 6.79 Å². The van der Waals surface area contributed by atoms with Crippen LogP contribution in [0, 0.1) is 0 Å². The Kier molecular flexibility index (Phi) is 6.78. The quantitative estimate of drug-likeness (QED) is 0.338. The Balaban J connectivity index is 1.55. The molecule has 12 heteroatoms. The largest absolute Gasteiger partial charge is 0.494 e. The molecule has 0 radical (unpaired) electrons. The van der Waals surface area contributed by atoms with Crippen molar-refractivity contribution in [2.45, 2.75) is 25.3 Å². The molecular weight excluding hydrogens is 557 g/mol. The smallest absolute Gasteiger partial charge is 0.488 e. The Labute approximate surface area is 235 Å². The molecule has 2 amide bonds. The van der Waals surface area contributed by atoms with Gasteiger partial charge in [0.15, 0.2) is 17.3 Å². The van der Waals surface area contributed by atoms with Crippen molar-refractivity contribution < 1.29 is 45.0 Å². The second-order valence-corrected chi connectivity index (χ2v) is 10.5. The maximum Gasteiger partial charge on any atom is 0.488 e. The molecule has 0 bridgehead atoms. The number of rotatable bonds is 8. The zero-order valence-corrected chi connectivity index (χ0v) is 22.6. The van der Waals surface area contributed by atoms with Crippen molar-refractivity contribution in [3.05, 3.63) is 94.6 Å². The molecule has 1 fully saturated rings. The zero-order valence-electron chi connectivity index (χ0n) is 21.7. The van der Waals surface area contributed by atoms with E-state index in [0.29, 0.717) is 47.0 Å². The van der Waals surface area contributed by atoms with Crippen LogP contribution in [0.4, 0.5) is 8.68 Å². The predicted octanol–water partition coefficient (Wildman–Crippen LogP) is 5.01. The molecule has 1 aliphatic carbocycles. The molecule has 41 heavy (non-hydrogen) atoms. The van der Waals surface area contributed by atoms with E-state index in [1.54, 1.807) is 60.7 Å². The van der Waals surface area contributed by atoms with Crippen molar-refractivity contribution in [3.8, 4) is 17.2 Å². The minimum Gasteiger partial charge on any atom is -0.494 e. The molecule has 3 aromatic rings. The van der Waals surface area contributed by atoms with Gasteiger partial charge in [0.05, 0.1) is 12.2 Å². The van der Waals surface area contributed by atoms with E-state index in [9.17, 15) is 21.9 Å². The van der Waals surface area contributed by atoms with Crippen molar-refractivity contribution in [3.63, 3.8) is 0 Å². The minimum atomic E-state index is -5.59. The first-order valence-electron chi connectivity index (χ1n) is 12.9. The lowest BCUT2D eigenvalue weighted by atomic mass is 9.87. The first-order valence-corrected chi connectivity index (χ1v) is 14.2. The molecule has 2 atom stereocenters. The van der Waals surface area contributed by atoms with Crippen molar-refractivity contribution in [2.75, 3.05) is 20.0 Å². The summed E-state index contributed by atoms with van der Waals surface area (Å²) in [6.07, 6.45) is -0.220. The van der Waals surface area contributed by atoms with Crippen LogP contribution in [0.25, 0.3) is 5.76 Å². The Morgan fingerprint density at radius 2 is 1.78 bits per heavy atom. The maximum atomic E-state index is 14.4. The molecule has 212 valence electrons. The lowest BCUT2D eigenvalue weighted by molar-refractivity contribution is -0.125. The monoisotopic (exact) mass is 581 g/mol. The Hall–Kier alpha value is -4.58. The molecule has 2 heterocycles. The van der Waals surface area contributed by atoms with Crippen LogP contribution in [-0.2, 0) is 24.2 Å². The van der Waals surface area contributed by atoms with Gasteiger partial charge in [-0.05, 0) is 47.4 Å². The van der Waals surface area contributed by atoms with Crippen LogP contribution in [0.5, 0.6) is 17.2 Å². The summed E-state index contributed by atoms with van der Waals surface area (Å²) in [5, 5.41) is 0. The van der Waals surface area contributed by atoms with Gasteiger partial charge in [-0.3, -0.25) is 4.79 Å². The summed E-state index contributed by atoms with van der Waals surface area (Å²) in [6.45, 7) is 2.18. The van der Waals surface area contributed by atoms with Crippen LogP contribution < -0.4 is 14.2 Å². The Morgan fingerprint density at radius 3 is 2.54 bits per heavy atom. The van der Waals surface area contributed by atoms with E-state index >= 15 is 0 Å². The lowest BCUT2D eigenvalue weighted by Gasteiger charge is -2.24. The average Bonchev–Trinajstić information content (AvgIpc) is 3.66. The zero-order chi connectivity index (χ0) is 28.7. The summed E-state index contributed by atoms with van der Waals surface area (Å²) in [5.74, 6) is -1.13. The Bertz CT molecular complexity index is 1670. The van der Waals surface area contributed by atoms with Gasteiger partial charge in [-0.15, -0.1) is 0 Å². The van der Waals surface area contributed by atoms with Crippen LogP contribution >= 0.6 is 0 Å². The number of amides is 2. The predicted molar refractivity (Wildman–Crippen MR) is 142 cm³/mol. The molecule has 0 N–H and O–H groups in total. The molecule has 2 aliphatic heterocycles. The van der Waals surface area contributed by atoms with E-state index in [1.165, 1.54) is 6.07 Å². The van der Waals surface area contributed by atoms with E-state index in [-0.39, 0.29) is 24.5 Å². The van der Waals surface area contributed by atoms with E-state index in [1.807, 2.05) is 6.92 Å². The van der Waals surface area contributed by atoms with Gasteiger partial charge in [0.1, 0.15) is 18.4 Å². The molecule has 0 saturated carbocycles. The van der Waals surface area contributed by atoms with E-state index in [4.69, 9.17) is 23.1 Å². The van der Waals surface area contributed by atoms with Gasteiger partial charge in [0.25, 0.3) is 5.91 Å². The van der Waals surface area contributed by atoms with E-state index < -0.39 is 40.2 Å². The molecular formula is C29H24FNO9S. The standard InChI is InChI=1S/C29H24FNO9S/c1-2-12-36-19-9-10-20-21(14-19)27(40-41(30,34)35)26(25(20)18-8-11-23-24(13-18)39-16-38-23)28(32)31-22(15-37-29(31)33)17-6-4-3-5-7-17/h3-11,13-14,22,25H,2,12,15-16H2,1H3/t22-,25+/m1/s1. The summed E-state index contributed by atoms with van der Waals surface area (Å²) in [5.41, 5.74) is 1.44. The van der Waals surface area contributed by atoms with Crippen LogP contribution in [0.3, 0.4) is 0 Å². The van der Waals surface area contributed by atoms with Crippen LogP contribution in [0.1, 0.15) is 47.6 Å². The molecule has 0 spiro atoms. The summed E-state index contributed by atoms with van der Waals surface area (Å²) < 4.78 is 64.8. The van der Waals surface area contributed by atoms with E-state index in [2.05, 4.69) is 0 Å². The summed E-state index contributed by atoms with van der Waals surface area (Å²) in [7, 11) is -5.59. The van der Waals surface area contributed by atoms with Crippen molar-refractivity contribution in [1.29, 1.82) is 0 Å². The van der Waals surface area contributed by atoms with Crippen LogP contribution in [-0.4, -0.2) is 45.3 Å². The van der Waals surface area contributed by atoms with Gasteiger partial charge in [-0.2, -0.15) is 8.42 Å². The van der Waals surface area contributed by atoms with Gasteiger partial charge in [0, 0.05) is 11.5 Å². The molecule has 10 nitrogen and oxygen atoms in total. The van der Waals surface area contributed by atoms with Crippen LogP contribution in [0.2, 0.25) is 0 Å². The summed E-state index contributed by atoms with van der Waals surface area (Å²) in [4.78, 5) is 28.2. The third-order valence-corrected chi connectivity index (χ3v) is 7.37. The molecule has 0 unspecified atom stereocenters. The molecule has 3 aromatic carbocycles. The minimum absolute atomic E-state index is 0.00657. The van der Waals surface area contributed by atoms with Crippen LogP contribution in [0.15, 0.2) is 72.3 Å². The molecule has 3 aliphatic rings. The number of hydrogen-bond donors (Lipinski definition) is 0. The number of imide groups is 1. The highest BCUT2D eigenvalue weighted by molar-refractivity contribution is 7.81. The van der Waals surface area contributed by atoms with Gasteiger partial charge in [-0.25, -0.2) is 9.69 Å². The third kappa shape index (κ3) is 4.95. The lowest BCUT2D eigenvalue weighted by Crippen LogP contribution is -2.36. The number of carbonyl (C=O) groups excluding carboxylic acids is 2. The Morgan fingerprint density at radius 1 is 1.00 bits per heavy atom. The van der Waals surface area contributed by atoms with Crippen molar-refractivity contribution in [2.24, 2.45) is 0 Å². The number of benzene rings is 3. The highest BCUT2D eigenvalue weighted by Gasteiger charge is 2.47. The SMILES string of the molecule is CCCOc1ccc2c(c1)C(OS(=O)(=O)F)=C(C(=O)N1C(=O)OC[C@@H]1c1ccccc1)[C@H]2c1ccc2c(c1)OCO2. The highest BCUT2D eigenvalue weighted by Crippen LogP contribution is 2.50. The normalized spacial score (nSPS) is 19.3.